The Morgan fingerprint density at radius 2 is 1.74 bits per heavy atom. The highest BCUT2D eigenvalue weighted by Crippen LogP contribution is 2.30. The summed E-state index contributed by atoms with van der Waals surface area (Å²) < 4.78 is 2.06. The van der Waals surface area contributed by atoms with Crippen molar-refractivity contribution in [2.24, 2.45) is 0 Å². The summed E-state index contributed by atoms with van der Waals surface area (Å²) in [7, 11) is 0. The second-order valence-corrected chi connectivity index (χ2v) is 9.16. The van der Waals surface area contributed by atoms with Crippen molar-refractivity contribution in [2.45, 2.75) is 6.42 Å². The second kappa shape index (κ2) is 8.75. The van der Waals surface area contributed by atoms with E-state index in [4.69, 9.17) is 4.98 Å². The fourth-order valence-corrected chi connectivity index (χ4v) is 5.09. The number of fused-ring (bicyclic) bond motifs is 3. The molecule has 0 bridgehead atoms. The number of carbonyl (C=O) groups excluding carboxylic acids is 1. The van der Waals surface area contributed by atoms with Crippen molar-refractivity contribution in [1.29, 1.82) is 0 Å². The molecular weight excluding hydrogens is 446 g/mol. The monoisotopic (exact) mass is 469 g/mol. The van der Waals surface area contributed by atoms with E-state index < -0.39 is 0 Å². The van der Waals surface area contributed by atoms with Gasteiger partial charge in [-0.2, -0.15) is 0 Å². The van der Waals surface area contributed by atoms with Gasteiger partial charge in [0, 0.05) is 37.3 Å². The first-order valence-corrected chi connectivity index (χ1v) is 12.2. The van der Waals surface area contributed by atoms with E-state index in [-0.39, 0.29) is 6.03 Å². The number of benzene rings is 2. The minimum absolute atomic E-state index is 0.0757. The third kappa shape index (κ3) is 3.73. The van der Waals surface area contributed by atoms with Gasteiger partial charge in [-0.3, -0.25) is 0 Å². The molecule has 170 valence electrons. The number of rotatable bonds is 3. The zero-order valence-corrected chi connectivity index (χ0v) is 19.3. The van der Waals surface area contributed by atoms with Crippen LogP contribution < -0.4 is 10.2 Å². The molecule has 1 aliphatic heterocycles. The summed E-state index contributed by atoms with van der Waals surface area (Å²) in [5, 5.41) is 15.1. The van der Waals surface area contributed by atoms with Crippen molar-refractivity contribution >= 4 is 45.6 Å². The van der Waals surface area contributed by atoms with Crippen LogP contribution in [0.5, 0.6) is 0 Å². The van der Waals surface area contributed by atoms with Gasteiger partial charge in [0.25, 0.3) is 0 Å². The van der Waals surface area contributed by atoms with Crippen LogP contribution in [0.1, 0.15) is 6.42 Å². The molecule has 0 radical (unpaired) electrons. The third-order valence-electron chi connectivity index (χ3n) is 6.06. The summed E-state index contributed by atoms with van der Waals surface area (Å²) in [5.74, 6) is 1.61. The van der Waals surface area contributed by atoms with Gasteiger partial charge < -0.3 is 15.1 Å². The number of nitrogens with one attached hydrogen (secondary N) is 1. The van der Waals surface area contributed by atoms with Crippen molar-refractivity contribution < 1.29 is 4.79 Å². The molecule has 1 aliphatic rings. The fraction of sp³-hybridized carbons (Fsp3) is 0.200. The number of amides is 2. The van der Waals surface area contributed by atoms with Crippen LogP contribution >= 0.6 is 11.3 Å². The maximum absolute atomic E-state index is 12.9. The molecule has 34 heavy (non-hydrogen) atoms. The molecule has 0 unspecified atom stereocenters. The Balaban J connectivity index is 1.34. The molecule has 3 aromatic heterocycles. The fourth-order valence-electron chi connectivity index (χ4n) is 4.39. The minimum Gasteiger partial charge on any atom is -0.340 e. The van der Waals surface area contributed by atoms with E-state index >= 15 is 0 Å². The highest BCUT2D eigenvalue weighted by atomic mass is 32.1. The van der Waals surface area contributed by atoms with Crippen molar-refractivity contribution in [2.75, 3.05) is 36.4 Å². The predicted octanol–water partition coefficient (Wildman–Crippen LogP) is 4.75. The van der Waals surface area contributed by atoms with E-state index in [9.17, 15) is 4.79 Å². The van der Waals surface area contributed by atoms with Crippen LogP contribution in [-0.4, -0.2) is 56.7 Å². The summed E-state index contributed by atoms with van der Waals surface area (Å²) in [5.41, 5.74) is 2.49. The molecule has 1 saturated heterocycles. The average Bonchev–Trinajstić information content (AvgIpc) is 3.49. The molecule has 1 N–H and O–H groups in total. The average molecular weight is 470 g/mol. The summed E-state index contributed by atoms with van der Waals surface area (Å²) in [4.78, 5) is 23.1. The Labute approximate surface area is 200 Å². The van der Waals surface area contributed by atoms with Gasteiger partial charge in [0.05, 0.1) is 10.4 Å². The molecular formula is C25H23N7OS. The lowest BCUT2D eigenvalue weighted by Crippen LogP contribution is -2.38. The largest absolute Gasteiger partial charge is 0.340 e. The zero-order chi connectivity index (χ0) is 22.9. The van der Waals surface area contributed by atoms with Crippen LogP contribution in [-0.2, 0) is 0 Å². The van der Waals surface area contributed by atoms with Gasteiger partial charge in [-0.1, -0.05) is 36.4 Å². The van der Waals surface area contributed by atoms with Gasteiger partial charge in [-0.05, 0) is 42.1 Å². The van der Waals surface area contributed by atoms with E-state index in [1.165, 1.54) is 0 Å². The molecule has 8 nitrogen and oxygen atoms in total. The zero-order valence-electron chi connectivity index (χ0n) is 18.5. The summed E-state index contributed by atoms with van der Waals surface area (Å²) in [6, 6.07) is 21.6. The molecule has 5 aromatic rings. The highest BCUT2D eigenvalue weighted by molar-refractivity contribution is 7.13. The Hall–Kier alpha value is -3.98. The molecule has 6 rings (SSSR count). The minimum atomic E-state index is -0.0757. The molecule has 9 heteroatoms. The van der Waals surface area contributed by atoms with Crippen molar-refractivity contribution in [3.05, 3.63) is 72.1 Å². The number of carbonyl (C=O) groups is 1. The molecule has 2 aromatic carbocycles. The molecule has 0 saturated carbocycles. The van der Waals surface area contributed by atoms with E-state index in [2.05, 4.69) is 30.9 Å². The van der Waals surface area contributed by atoms with Gasteiger partial charge in [-0.25, -0.2) is 14.2 Å². The van der Waals surface area contributed by atoms with Crippen LogP contribution in [0.25, 0.3) is 27.3 Å². The van der Waals surface area contributed by atoms with E-state index in [0.29, 0.717) is 19.6 Å². The van der Waals surface area contributed by atoms with Gasteiger partial charge in [-0.15, -0.1) is 21.5 Å². The predicted molar refractivity (Wildman–Crippen MR) is 135 cm³/mol. The topological polar surface area (TPSA) is 78.7 Å². The SMILES string of the molecule is O=C(Nc1ccccc1)N1CCCN(c2nc3ccccc3c3nnc(-c4cccs4)n23)CC1. The number of aromatic nitrogens is 4. The number of nitrogens with zero attached hydrogens (tertiary/aromatic N) is 6. The Kier molecular flexibility index (Phi) is 5.31. The molecule has 0 atom stereocenters. The molecule has 0 spiro atoms. The maximum atomic E-state index is 12.9. The summed E-state index contributed by atoms with van der Waals surface area (Å²) >= 11 is 1.63. The third-order valence-corrected chi connectivity index (χ3v) is 6.93. The Morgan fingerprint density at radius 3 is 2.59 bits per heavy atom. The van der Waals surface area contributed by atoms with Crippen LogP contribution in [0.3, 0.4) is 0 Å². The first-order chi connectivity index (χ1) is 16.8. The number of para-hydroxylation sites is 2. The summed E-state index contributed by atoms with van der Waals surface area (Å²) in [6.07, 6.45) is 0.842. The van der Waals surface area contributed by atoms with E-state index in [1.54, 1.807) is 11.3 Å². The van der Waals surface area contributed by atoms with Crippen LogP contribution in [0.2, 0.25) is 0 Å². The van der Waals surface area contributed by atoms with E-state index in [0.717, 1.165) is 51.9 Å². The van der Waals surface area contributed by atoms with E-state index in [1.807, 2.05) is 70.9 Å². The molecule has 0 aliphatic carbocycles. The van der Waals surface area contributed by atoms with Gasteiger partial charge in [0.15, 0.2) is 11.5 Å². The molecule has 2 amide bonds. The normalized spacial score (nSPS) is 14.5. The van der Waals surface area contributed by atoms with Gasteiger partial charge in [0.1, 0.15) is 0 Å². The van der Waals surface area contributed by atoms with Gasteiger partial charge in [0.2, 0.25) is 5.95 Å². The first kappa shape index (κ1) is 20.6. The van der Waals surface area contributed by atoms with Crippen LogP contribution in [0, 0.1) is 0 Å². The summed E-state index contributed by atoms with van der Waals surface area (Å²) in [6.45, 7) is 2.75. The number of anilines is 2. The lowest BCUT2D eigenvalue weighted by molar-refractivity contribution is 0.215. The Morgan fingerprint density at radius 1 is 0.882 bits per heavy atom. The molecule has 1 fully saturated rings. The first-order valence-electron chi connectivity index (χ1n) is 11.3. The number of hydrogen-bond donors (Lipinski definition) is 1. The quantitative estimate of drug-likeness (QED) is 0.413. The van der Waals surface area contributed by atoms with Crippen molar-refractivity contribution in [1.82, 2.24) is 24.5 Å². The number of hydrogen-bond acceptors (Lipinski definition) is 6. The highest BCUT2D eigenvalue weighted by Gasteiger charge is 2.24. The molecule has 4 heterocycles. The van der Waals surface area contributed by atoms with Crippen molar-refractivity contribution in [3.8, 4) is 10.7 Å². The van der Waals surface area contributed by atoms with Crippen LogP contribution in [0.15, 0.2) is 72.1 Å². The maximum Gasteiger partial charge on any atom is 0.321 e. The standard InChI is InChI=1S/C25H23N7OS/c33-25(26-18-8-2-1-3-9-18)31-14-7-13-30(15-16-31)24-27-20-11-5-4-10-19(20)22-28-29-23(32(22)24)21-12-6-17-34-21/h1-6,8-12,17H,7,13-16H2,(H,26,33). The van der Waals surface area contributed by atoms with Crippen molar-refractivity contribution in [3.63, 3.8) is 0 Å². The smallest absolute Gasteiger partial charge is 0.321 e. The number of urea groups is 1. The van der Waals surface area contributed by atoms with Gasteiger partial charge >= 0.3 is 6.03 Å². The lowest BCUT2D eigenvalue weighted by Gasteiger charge is -2.24. The number of thiophene rings is 1. The second-order valence-electron chi connectivity index (χ2n) is 8.21. The lowest BCUT2D eigenvalue weighted by atomic mass is 10.2. The Bertz CT molecular complexity index is 1450. The van der Waals surface area contributed by atoms with Crippen LogP contribution in [0.4, 0.5) is 16.4 Å².